The molecule has 8 heteroatoms. The summed E-state index contributed by atoms with van der Waals surface area (Å²) in [4.78, 5) is 21.7. The molecule has 0 radical (unpaired) electrons. The Labute approximate surface area is 180 Å². The predicted octanol–water partition coefficient (Wildman–Crippen LogP) is 2.87. The van der Waals surface area contributed by atoms with Gasteiger partial charge in [0.1, 0.15) is 21.7 Å². The minimum atomic E-state index is -0.0217. The van der Waals surface area contributed by atoms with E-state index < -0.39 is 0 Å². The van der Waals surface area contributed by atoms with Gasteiger partial charge in [0.15, 0.2) is 5.13 Å². The maximum Gasteiger partial charge on any atom is 0.251 e. The van der Waals surface area contributed by atoms with E-state index in [2.05, 4.69) is 15.1 Å². The number of hydrogen-bond donors (Lipinski definition) is 1. The lowest BCUT2D eigenvalue weighted by atomic mass is 10.2. The van der Waals surface area contributed by atoms with Gasteiger partial charge in [-0.1, -0.05) is 29.5 Å². The lowest BCUT2D eigenvalue weighted by Crippen LogP contribution is -2.48. The molecular weight excluding hydrogens is 400 g/mol. The highest BCUT2D eigenvalue weighted by Gasteiger charge is 2.22. The number of nitrogens with zero attached hydrogens (tertiary/aromatic N) is 3. The van der Waals surface area contributed by atoms with Gasteiger partial charge in [-0.2, -0.15) is 0 Å². The Balaban J connectivity index is 1.32. The largest absolute Gasteiger partial charge is 0.495 e. The van der Waals surface area contributed by atoms with Crippen LogP contribution < -0.4 is 19.7 Å². The zero-order valence-electron chi connectivity index (χ0n) is 17.3. The third-order valence-corrected chi connectivity index (χ3v) is 6.42. The summed E-state index contributed by atoms with van der Waals surface area (Å²) in [5.41, 5.74) is 1.55. The van der Waals surface area contributed by atoms with Crippen LogP contribution in [0.15, 0.2) is 42.5 Å². The van der Waals surface area contributed by atoms with Crippen LogP contribution in [0.2, 0.25) is 0 Å². The Bertz CT molecular complexity index is 959. The van der Waals surface area contributed by atoms with Crippen LogP contribution in [-0.4, -0.2) is 69.3 Å². The van der Waals surface area contributed by atoms with E-state index in [0.717, 1.165) is 59.6 Å². The van der Waals surface area contributed by atoms with Crippen molar-refractivity contribution in [1.29, 1.82) is 0 Å². The molecule has 1 aromatic heterocycles. The van der Waals surface area contributed by atoms with Gasteiger partial charge >= 0.3 is 0 Å². The summed E-state index contributed by atoms with van der Waals surface area (Å²) in [5, 5.41) is 3.99. The number of methoxy groups -OCH3 is 2. The molecule has 30 heavy (non-hydrogen) atoms. The molecule has 2 aromatic carbocycles. The van der Waals surface area contributed by atoms with Crippen molar-refractivity contribution in [3.8, 4) is 11.5 Å². The van der Waals surface area contributed by atoms with Gasteiger partial charge in [0.2, 0.25) is 0 Å². The van der Waals surface area contributed by atoms with Crippen LogP contribution in [0.4, 0.5) is 5.13 Å². The van der Waals surface area contributed by atoms with Crippen LogP contribution in [0, 0.1) is 0 Å². The molecule has 0 spiro atoms. The van der Waals surface area contributed by atoms with Crippen molar-refractivity contribution in [2.45, 2.75) is 0 Å². The SMILES string of the molecule is COc1ccc(OC)c2sc(N3CCN(CCNC(=O)c4ccccc4)CC3)nc12. The molecule has 1 saturated heterocycles. The summed E-state index contributed by atoms with van der Waals surface area (Å²) < 4.78 is 12.0. The van der Waals surface area contributed by atoms with Crippen molar-refractivity contribution >= 4 is 32.6 Å². The van der Waals surface area contributed by atoms with E-state index in [4.69, 9.17) is 14.5 Å². The fraction of sp³-hybridized carbons (Fsp3) is 0.364. The van der Waals surface area contributed by atoms with Gasteiger partial charge in [-0.05, 0) is 24.3 Å². The number of thiazole rings is 1. The fourth-order valence-corrected chi connectivity index (χ4v) is 4.72. The number of hydrogen-bond acceptors (Lipinski definition) is 7. The van der Waals surface area contributed by atoms with Gasteiger partial charge in [0.25, 0.3) is 5.91 Å². The smallest absolute Gasteiger partial charge is 0.251 e. The van der Waals surface area contributed by atoms with Crippen LogP contribution in [0.1, 0.15) is 10.4 Å². The van der Waals surface area contributed by atoms with Gasteiger partial charge < -0.3 is 19.7 Å². The zero-order chi connectivity index (χ0) is 20.9. The quantitative estimate of drug-likeness (QED) is 0.627. The van der Waals surface area contributed by atoms with Crippen molar-refractivity contribution in [1.82, 2.24) is 15.2 Å². The number of ether oxygens (including phenoxy) is 2. The minimum absolute atomic E-state index is 0.0217. The monoisotopic (exact) mass is 426 g/mol. The highest BCUT2D eigenvalue weighted by atomic mass is 32.1. The summed E-state index contributed by atoms with van der Waals surface area (Å²) in [6.45, 7) is 5.15. The van der Waals surface area contributed by atoms with Crippen molar-refractivity contribution in [2.75, 3.05) is 58.4 Å². The zero-order valence-corrected chi connectivity index (χ0v) is 18.1. The maximum absolute atomic E-state index is 12.1. The van der Waals surface area contributed by atoms with E-state index in [1.807, 2.05) is 42.5 Å². The molecule has 1 N–H and O–H groups in total. The van der Waals surface area contributed by atoms with Gasteiger partial charge in [0, 0.05) is 44.8 Å². The molecule has 1 amide bonds. The van der Waals surface area contributed by atoms with Gasteiger partial charge in [-0.25, -0.2) is 4.98 Å². The Morgan fingerprint density at radius 1 is 1.03 bits per heavy atom. The molecule has 0 atom stereocenters. The second-order valence-corrected chi connectivity index (χ2v) is 8.07. The fourth-order valence-electron chi connectivity index (χ4n) is 3.59. The first-order chi connectivity index (χ1) is 14.7. The van der Waals surface area contributed by atoms with Crippen molar-refractivity contribution in [3.05, 3.63) is 48.0 Å². The number of amides is 1. The Morgan fingerprint density at radius 3 is 2.43 bits per heavy atom. The van der Waals surface area contributed by atoms with Crippen LogP contribution in [0.3, 0.4) is 0 Å². The second kappa shape index (κ2) is 9.32. The Kier molecular flexibility index (Phi) is 6.35. The van der Waals surface area contributed by atoms with Gasteiger partial charge in [-0.15, -0.1) is 0 Å². The molecule has 158 valence electrons. The number of fused-ring (bicyclic) bond motifs is 1. The first-order valence-corrected chi connectivity index (χ1v) is 10.8. The molecule has 1 aliphatic rings. The third-order valence-electron chi connectivity index (χ3n) is 5.29. The lowest BCUT2D eigenvalue weighted by Gasteiger charge is -2.34. The second-order valence-electron chi connectivity index (χ2n) is 7.09. The Morgan fingerprint density at radius 2 is 1.73 bits per heavy atom. The third kappa shape index (κ3) is 4.34. The number of rotatable bonds is 7. The molecule has 7 nitrogen and oxygen atoms in total. The number of benzene rings is 2. The first-order valence-electron chi connectivity index (χ1n) is 10.0. The average Bonchev–Trinajstić information content (AvgIpc) is 3.25. The van der Waals surface area contributed by atoms with Crippen molar-refractivity contribution in [3.63, 3.8) is 0 Å². The molecule has 0 unspecified atom stereocenters. The van der Waals surface area contributed by atoms with Crippen molar-refractivity contribution in [2.24, 2.45) is 0 Å². The van der Waals surface area contributed by atoms with Crippen LogP contribution in [0.25, 0.3) is 10.2 Å². The average molecular weight is 427 g/mol. The van der Waals surface area contributed by atoms with E-state index in [1.54, 1.807) is 25.6 Å². The molecule has 1 aliphatic heterocycles. The topological polar surface area (TPSA) is 66.9 Å². The maximum atomic E-state index is 12.1. The summed E-state index contributed by atoms with van der Waals surface area (Å²) in [7, 11) is 3.34. The molecule has 0 saturated carbocycles. The van der Waals surface area contributed by atoms with Crippen LogP contribution >= 0.6 is 11.3 Å². The number of carbonyl (C=O) groups is 1. The van der Waals surface area contributed by atoms with E-state index in [9.17, 15) is 4.79 Å². The van der Waals surface area contributed by atoms with E-state index in [0.29, 0.717) is 12.1 Å². The number of anilines is 1. The number of carbonyl (C=O) groups excluding carboxylic acids is 1. The van der Waals surface area contributed by atoms with E-state index >= 15 is 0 Å². The van der Waals surface area contributed by atoms with Gasteiger partial charge in [-0.3, -0.25) is 9.69 Å². The van der Waals surface area contributed by atoms with E-state index in [-0.39, 0.29) is 5.91 Å². The normalized spacial score (nSPS) is 14.7. The van der Waals surface area contributed by atoms with Gasteiger partial charge in [0.05, 0.1) is 14.2 Å². The number of aromatic nitrogens is 1. The summed E-state index contributed by atoms with van der Waals surface area (Å²) in [6, 6.07) is 13.1. The number of piperazine rings is 1. The predicted molar refractivity (Wildman–Crippen MR) is 120 cm³/mol. The molecule has 2 heterocycles. The minimum Gasteiger partial charge on any atom is -0.495 e. The van der Waals surface area contributed by atoms with Crippen molar-refractivity contribution < 1.29 is 14.3 Å². The molecule has 4 rings (SSSR count). The summed E-state index contributed by atoms with van der Waals surface area (Å²) in [5.74, 6) is 1.56. The standard InChI is InChI=1S/C22H26N4O3S/c1-28-17-8-9-18(29-2)20-19(17)24-22(30-20)26-14-12-25(13-15-26)11-10-23-21(27)16-6-4-3-5-7-16/h3-9H,10-15H2,1-2H3,(H,23,27). The molecule has 1 fully saturated rings. The van der Waals surface area contributed by atoms with Crippen LogP contribution in [-0.2, 0) is 0 Å². The summed E-state index contributed by atoms with van der Waals surface area (Å²) >= 11 is 1.64. The first kappa shape index (κ1) is 20.4. The van der Waals surface area contributed by atoms with E-state index in [1.165, 1.54) is 0 Å². The molecular formula is C22H26N4O3S. The highest BCUT2D eigenvalue weighted by molar-refractivity contribution is 7.22. The molecule has 0 bridgehead atoms. The molecule has 0 aliphatic carbocycles. The highest BCUT2D eigenvalue weighted by Crippen LogP contribution is 2.40. The Hall–Kier alpha value is -2.84. The van der Waals surface area contributed by atoms with Crippen LogP contribution in [0.5, 0.6) is 11.5 Å². The molecule has 3 aromatic rings. The number of nitrogens with one attached hydrogen (secondary N) is 1. The summed E-state index contributed by atoms with van der Waals surface area (Å²) in [6.07, 6.45) is 0. The lowest BCUT2D eigenvalue weighted by molar-refractivity contribution is 0.0948.